The van der Waals surface area contributed by atoms with E-state index in [1.54, 1.807) is 0 Å². The third-order valence-electron chi connectivity index (χ3n) is 1.55. The number of Topliss-reactive ketones (excluding diaryl/α,β-unsaturated/α-hetero) is 1. The molecule has 0 spiro atoms. The van der Waals surface area contributed by atoms with Gasteiger partial charge in [0.1, 0.15) is 0 Å². The lowest BCUT2D eigenvalue weighted by atomic mass is 10.00. The summed E-state index contributed by atoms with van der Waals surface area (Å²) in [4.78, 5) is 20.7. The number of hydrogen-bond acceptors (Lipinski definition) is 2. The molecule has 0 saturated carbocycles. The van der Waals surface area contributed by atoms with Gasteiger partial charge in [0.05, 0.1) is 0 Å². The Morgan fingerprint density at radius 1 is 1.45 bits per heavy atom. The van der Waals surface area contributed by atoms with E-state index in [1.165, 1.54) is 0 Å². The first kappa shape index (κ1) is 10.1. The summed E-state index contributed by atoms with van der Waals surface area (Å²) in [5, 5.41) is 8.25. The van der Waals surface area contributed by atoms with Gasteiger partial charge in [-0.2, -0.15) is 0 Å². The normalized spacial score (nSPS) is 12.5. The molecule has 1 N–H and O–H groups in total. The number of aliphatic carboxylic acids is 1. The quantitative estimate of drug-likeness (QED) is 0.616. The molecule has 0 aromatic heterocycles. The van der Waals surface area contributed by atoms with Crippen molar-refractivity contribution < 1.29 is 14.7 Å². The second-order valence-corrected chi connectivity index (χ2v) is 2.83. The predicted molar refractivity (Wildman–Crippen MR) is 41.3 cm³/mol. The molecule has 0 rings (SSSR count). The lowest BCUT2D eigenvalue weighted by Crippen LogP contribution is -2.15. The molecule has 0 aromatic rings. The number of carboxylic acid groups (broad SMARTS) is 1. The van der Waals surface area contributed by atoms with E-state index in [0.29, 0.717) is 0 Å². The average molecular weight is 158 g/mol. The van der Waals surface area contributed by atoms with Crippen LogP contribution in [0.3, 0.4) is 0 Å². The first-order valence-electron chi connectivity index (χ1n) is 3.84. The van der Waals surface area contributed by atoms with Gasteiger partial charge in [-0.3, -0.25) is 4.79 Å². The molecule has 0 aliphatic heterocycles. The van der Waals surface area contributed by atoms with E-state index in [9.17, 15) is 9.59 Å². The van der Waals surface area contributed by atoms with Gasteiger partial charge in [0.25, 0.3) is 0 Å². The third kappa shape index (κ3) is 4.53. The van der Waals surface area contributed by atoms with E-state index < -0.39 is 11.8 Å². The molecule has 0 heterocycles. The molecule has 0 bridgehead atoms. The van der Waals surface area contributed by atoms with Crippen LogP contribution in [0.1, 0.15) is 33.1 Å². The van der Waals surface area contributed by atoms with Crippen molar-refractivity contribution in [2.24, 2.45) is 5.92 Å². The second-order valence-electron chi connectivity index (χ2n) is 2.83. The molecule has 0 amide bonds. The van der Waals surface area contributed by atoms with E-state index in [-0.39, 0.29) is 12.3 Å². The largest absolute Gasteiger partial charge is 0.476 e. The smallest absolute Gasteiger partial charge is 0.372 e. The van der Waals surface area contributed by atoms with Crippen LogP contribution in [0.5, 0.6) is 0 Å². The molecule has 0 fully saturated rings. The molecule has 1 atom stereocenters. The zero-order valence-electron chi connectivity index (χ0n) is 6.96. The van der Waals surface area contributed by atoms with Gasteiger partial charge in [-0.05, 0) is 5.92 Å². The van der Waals surface area contributed by atoms with Gasteiger partial charge >= 0.3 is 5.97 Å². The standard InChI is InChI=1S/C8H14O3/c1-3-4-6(2)5-7(9)8(10)11/h6H,3-5H2,1-2H3,(H,10,11). The number of ketones is 1. The Kier molecular flexibility index (Phi) is 4.50. The summed E-state index contributed by atoms with van der Waals surface area (Å²) >= 11 is 0. The third-order valence-corrected chi connectivity index (χ3v) is 1.55. The lowest BCUT2D eigenvalue weighted by molar-refractivity contribution is -0.149. The predicted octanol–water partition coefficient (Wildman–Crippen LogP) is 1.47. The molecular formula is C8H14O3. The Labute approximate surface area is 66.4 Å². The minimum absolute atomic E-state index is 0.170. The van der Waals surface area contributed by atoms with Crippen LogP contribution in [0, 0.1) is 5.92 Å². The van der Waals surface area contributed by atoms with Crippen molar-refractivity contribution in [3.8, 4) is 0 Å². The summed E-state index contributed by atoms with van der Waals surface area (Å²) in [6, 6.07) is 0. The molecule has 3 heteroatoms. The van der Waals surface area contributed by atoms with Crippen LogP contribution in [0.2, 0.25) is 0 Å². The van der Waals surface area contributed by atoms with Gasteiger partial charge in [-0.1, -0.05) is 26.7 Å². The minimum atomic E-state index is -1.31. The molecule has 0 saturated heterocycles. The van der Waals surface area contributed by atoms with Gasteiger partial charge in [0.15, 0.2) is 0 Å². The number of hydrogen-bond donors (Lipinski definition) is 1. The van der Waals surface area contributed by atoms with Crippen LogP contribution in [0.25, 0.3) is 0 Å². The second kappa shape index (κ2) is 4.88. The number of carboxylic acids is 1. The fraction of sp³-hybridized carbons (Fsp3) is 0.750. The van der Waals surface area contributed by atoms with Crippen molar-refractivity contribution in [1.82, 2.24) is 0 Å². The van der Waals surface area contributed by atoms with E-state index in [0.717, 1.165) is 12.8 Å². The number of carbonyl (C=O) groups excluding carboxylic acids is 1. The summed E-state index contributed by atoms with van der Waals surface area (Å²) in [6.07, 6.45) is 2.08. The maximum atomic E-state index is 10.6. The molecule has 0 aliphatic carbocycles. The molecule has 0 aromatic carbocycles. The monoisotopic (exact) mass is 158 g/mol. The Hall–Kier alpha value is -0.860. The van der Waals surface area contributed by atoms with Crippen LogP contribution in [0.4, 0.5) is 0 Å². The first-order valence-corrected chi connectivity index (χ1v) is 3.84. The summed E-state index contributed by atoms with van der Waals surface area (Å²) in [6.45, 7) is 3.91. The molecule has 0 radical (unpaired) electrons. The molecule has 1 unspecified atom stereocenters. The van der Waals surface area contributed by atoms with Gasteiger partial charge < -0.3 is 5.11 Å². The van der Waals surface area contributed by atoms with Crippen molar-refractivity contribution in [1.29, 1.82) is 0 Å². The van der Waals surface area contributed by atoms with Crippen LogP contribution in [-0.2, 0) is 9.59 Å². The lowest BCUT2D eigenvalue weighted by Gasteiger charge is -2.05. The summed E-state index contributed by atoms with van der Waals surface area (Å²) in [7, 11) is 0. The Bertz CT molecular complexity index is 151. The SMILES string of the molecule is CCCC(C)CC(=O)C(=O)O. The van der Waals surface area contributed by atoms with Crippen molar-refractivity contribution in [3.63, 3.8) is 0 Å². The van der Waals surface area contributed by atoms with Gasteiger partial charge in [-0.25, -0.2) is 4.79 Å². The van der Waals surface area contributed by atoms with Crippen LogP contribution < -0.4 is 0 Å². The highest BCUT2D eigenvalue weighted by atomic mass is 16.4. The van der Waals surface area contributed by atoms with Crippen molar-refractivity contribution in [3.05, 3.63) is 0 Å². The number of rotatable bonds is 5. The van der Waals surface area contributed by atoms with Crippen LogP contribution in [-0.4, -0.2) is 16.9 Å². The highest BCUT2D eigenvalue weighted by Gasteiger charge is 2.14. The van der Waals surface area contributed by atoms with Gasteiger partial charge in [0.2, 0.25) is 5.78 Å². The average Bonchev–Trinajstić information content (AvgIpc) is 1.87. The van der Waals surface area contributed by atoms with E-state index >= 15 is 0 Å². The fourth-order valence-corrected chi connectivity index (χ4v) is 0.999. The number of carbonyl (C=O) groups is 2. The minimum Gasteiger partial charge on any atom is -0.476 e. The van der Waals surface area contributed by atoms with Crippen LogP contribution in [0.15, 0.2) is 0 Å². The molecule has 64 valence electrons. The van der Waals surface area contributed by atoms with E-state index in [2.05, 4.69) is 0 Å². The summed E-state index contributed by atoms with van der Waals surface area (Å²) in [5.41, 5.74) is 0. The van der Waals surface area contributed by atoms with Gasteiger partial charge in [-0.15, -0.1) is 0 Å². The first-order chi connectivity index (χ1) is 5.07. The van der Waals surface area contributed by atoms with E-state index in [1.807, 2.05) is 13.8 Å². The Morgan fingerprint density at radius 2 is 2.00 bits per heavy atom. The topological polar surface area (TPSA) is 54.4 Å². The van der Waals surface area contributed by atoms with Crippen molar-refractivity contribution >= 4 is 11.8 Å². The Morgan fingerprint density at radius 3 is 2.36 bits per heavy atom. The molecule has 0 aliphatic rings. The van der Waals surface area contributed by atoms with Crippen LogP contribution >= 0.6 is 0 Å². The maximum absolute atomic E-state index is 10.6. The zero-order chi connectivity index (χ0) is 8.85. The molecule has 3 nitrogen and oxygen atoms in total. The highest BCUT2D eigenvalue weighted by Crippen LogP contribution is 2.09. The fourth-order valence-electron chi connectivity index (χ4n) is 0.999. The van der Waals surface area contributed by atoms with Crippen molar-refractivity contribution in [2.45, 2.75) is 33.1 Å². The van der Waals surface area contributed by atoms with E-state index in [4.69, 9.17) is 5.11 Å². The summed E-state index contributed by atoms with van der Waals surface area (Å²) in [5.74, 6) is -1.79. The highest BCUT2D eigenvalue weighted by molar-refractivity contribution is 6.32. The molecular weight excluding hydrogens is 144 g/mol. The zero-order valence-corrected chi connectivity index (χ0v) is 6.96. The maximum Gasteiger partial charge on any atom is 0.372 e. The molecule has 11 heavy (non-hydrogen) atoms. The summed E-state index contributed by atoms with van der Waals surface area (Å²) < 4.78 is 0. The Balaban J connectivity index is 3.66. The van der Waals surface area contributed by atoms with Crippen molar-refractivity contribution in [2.75, 3.05) is 0 Å². The van der Waals surface area contributed by atoms with Gasteiger partial charge in [0, 0.05) is 6.42 Å².